The fraction of sp³-hybridized carbons (Fsp3) is 0.467. The van der Waals surface area contributed by atoms with E-state index in [0.29, 0.717) is 19.5 Å². The predicted octanol–water partition coefficient (Wildman–Crippen LogP) is 1.21. The number of benzene rings is 1. The summed E-state index contributed by atoms with van der Waals surface area (Å²) in [7, 11) is 0. The maximum Gasteiger partial charge on any atom is 0.0994 e. The molecule has 20 heavy (non-hydrogen) atoms. The molecule has 0 spiro atoms. The molecule has 5 heteroatoms. The van der Waals surface area contributed by atoms with Gasteiger partial charge < -0.3 is 10.8 Å². The number of rotatable bonds is 7. The van der Waals surface area contributed by atoms with Crippen molar-refractivity contribution >= 4 is 0 Å². The van der Waals surface area contributed by atoms with Crippen molar-refractivity contribution in [2.75, 3.05) is 6.61 Å². The molecule has 3 N–H and O–H groups in total. The third-order valence-electron chi connectivity index (χ3n) is 3.41. The lowest BCUT2D eigenvalue weighted by Crippen LogP contribution is -2.10. The maximum absolute atomic E-state index is 8.93. The number of nitrogens with zero attached hydrogens (tertiary/aromatic N) is 3. The summed E-state index contributed by atoms with van der Waals surface area (Å²) < 4.78 is 1.87. The highest BCUT2D eigenvalue weighted by molar-refractivity contribution is 5.22. The van der Waals surface area contributed by atoms with E-state index < -0.39 is 0 Å². The SMILES string of the molecule is Cc1ccc(CCc2c(CN)nnn2CCCO)cc1. The summed E-state index contributed by atoms with van der Waals surface area (Å²) in [5, 5.41) is 17.2. The van der Waals surface area contributed by atoms with Crippen molar-refractivity contribution in [3.8, 4) is 0 Å². The zero-order valence-corrected chi connectivity index (χ0v) is 11.9. The Morgan fingerprint density at radius 2 is 1.95 bits per heavy atom. The molecule has 0 atom stereocenters. The van der Waals surface area contributed by atoms with Crippen LogP contribution in [0.3, 0.4) is 0 Å². The molecular weight excluding hydrogens is 252 g/mol. The van der Waals surface area contributed by atoms with Crippen molar-refractivity contribution in [2.24, 2.45) is 5.73 Å². The molecule has 0 aliphatic rings. The summed E-state index contributed by atoms with van der Waals surface area (Å²) in [6.07, 6.45) is 2.50. The van der Waals surface area contributed by atoms with Crippen LogP contribution in [0.25, 0.3) is 0 Å². The molecule has 2 aromatic rings. The second-order valence-electron chi connectivity index (χ2n) is 4.97. The number of nitrogens with two attached hydrogens (primary N) is 1. The van der Waals surface area contributed by atoms with Crippen LogP contribution in [-0.2, 0) is 25.9 Å². The van der Waals surface area contributed by atoms with Crippen LogP contribution in [0.5, 0.6) is 0 Å². The number of aromatic nitrogens is 3. The van der Waals surface area contributed by atoms with E-state index in [1.807, 2.05) is 4.68 Å². The van der Waals surface area contributed by atoms with Gasteiger partial charge in [-0.1, -0.05) is 35.0 Å². The van der Waals surface area contributed by atoms with Gasteiger partial charge in [-0.25, -0.2) is 4.68 Å². The molecule has 0 saturated carbocycles. The Balaban J connectivity index is 2.06. The van der Waals surface area contributed by atoms with Crippen LogP contribution in [0.15, 0.2) is 24.3 Å². The molecular formula is C15H22N4O. The van der Waals surface area contributed by atoms with E-state index in [1.165, 1.54) is 11.1 Å². The number of aryl methyl sites for hydroxylation is 3. The fourth-order valence-electron chi connectivity index (χ4n) is 2.22. The Morgan fingerprint density at radius 3 is 2.60 bits per heavy atom. The normalized spacial score (nSPS) is 10.9. The van der Waals surface area contributed by atoms with Crippen LogP contribution < -0.4 is 5.73 Å². The van der Waals surface area contributed by atoms with Crippen LogP contribution in [-0.4, -0.2) is 26.7 Å². The van der Waals surface area contributed by atoms with Gasteiger partial charge in [0.2, 0.25) is 0 Å². The van der Waals surface area contributed by atoms with Crippen LogP contribution in [0.2, 0.25) is 0 Å². The van der Waals surface area contributed by atoms with Gasteiger partial charge in [0, 0.05) is 19.7 Å². The van der Waals surface area contributed by atoms with E-state index in [2.05, 4.69) is 41.5 Å². The third-order valence-corrected chi connectivity index (χ3v) is 3.41. The quantitative estimate of drug-likeness (QED) is 0.795. The van der Waals surface area contributed by atoms with Crippen LogP contribution >= 0.6 is 0 Å². The monoisotopic (exact) mass is 274 g/mol. The van der Waals surface area contributed by atoms with E-state index in [1.54, 1.807) is 0 Å². The van der Waals surface area contributed by atoms with Gasteiger partial charge in [-0.2, -0.15) is 0 Å². The lowest BCUT2D eigenvalue weighted by Gasteiger charge is -2.07. The summed E-state index contributed by atoms with van der Waals surface area (Å²) in [4.78, 5) is 0. The number of hydrogen-bond acceptors (Lipinski definition) is 4. The minimum absolute atomic E-state index is 0.162. The van der Waals surface area contributed by atoms with Crippen LogP contribution in [0.1, 0.15) is 28.9 Å². The van der Waals surface area contributed by atoms with E-state index in [0.717, 1.165) is 24.2 Å². The first-order valence-corrected chi connectivity index (χ1v) is 7.02. The first kappa shape index (κ1) is 14.7. The predicted molar refractivity (Wildman–Crippen MR) is 78.2 cm³/mol. The molecule has 1 heterocycles. The van der Waals surface area contributed by atoms with E-state index in [9.17, 15) is 0 Å². The second-order valence-corrected chi connectivity index (χ2v) is 4.97. The minimum atomic E-state index is 0.162. The molecule has 0 radical (unpaired) electrons. The molecule has 1 aromatic heterocycles. The largest absolute Gasteiger partial charge is 0.396 e. The highest BCUT2D eigenvalue weighted by Gasteiger charge is 2.11. The Bertz CT molecular complexity index is 533. The van der Waals surface area contributed by atoms with Gasteiger partial charge in [0.25, 0.3) is 0 Å². The van der Waals surface area contributed by atoms with Crippen molar-refractivity contribution in [3.63, 3.8) is 0 Å². The zero-order valence-electron chi connectivity index (χ0n) is 11.9. The van der Waals surface area contributed by atoms with E-state index >= 15 is 0 Å². The summed E-state index contributed by atoms with van der Waals surface area (Å²) in [5.41, 5.74) is 10.2. The minimum Gasteiger partial charge on any atom is -0.396 e. The Hall–Kier alpha value is -1.72. The van der Waals surface area contributed by atoms with Gasteiger partial charge in [0.1, 0.15) is 0 Å². The molecule has 1 aromatic carbocycles. The van der Waals surface area contributed by atoms with Crippen LogP contribution in [0.4, 0.5) is 0 Å². The summed E-state index contributed by atoms with van der Waals surface area (Å²) in [5.74, 6) is 0. The molecule has 0 aliphatic heterocycles. The molecule has 0 fully saturated rings. The summed E-state index contributed by atoms with van der Waals surface area (Å²) in [6.45, 7) is 3.34. The van der Waals surface area contributed by atoms with Gasteiger partial charge in [-0.05, 0) is 31.7 Å². The van der Waals surface area contributed by atoms with Gasteiger partial charge in [0.05, 0.1) is 11.4 Å². The number of aliphatic hydroxyl groups excluding tert-OH is 1. The van der Waals surface area contributed by atoms with Crippen molar-refractivity contribution in [3.05, 3.63) is 46.8 Å². The van der Waals surface area contributed by atoms with Crippen molar-refractivity contribution in [1.82, 2.24) is 15.0 Å². The molecule has 5 nitrogen and oxygen atoms in total. The average molecular weight is 274 g/mol. The molecule has 0 saturated heterocycles. The second kappa shape index (κ2) is 7.17. The topological polar surface area (TPSA) is 77.0 Å². The van der Waals surface area contributed by atoms with Crippen molar-refractivity contribution in [1.29, 1.82) is 0 Å². The first-order chi connectivity index (χ1) is 9.74. The fourth-order valence-corrected chi connectivity index (χ4v) is 2.22. The maximum atomic E-state index is 8.93. The molecule has 0 bridgehead atoms. The standard InChI is InChI=1S/C15H22N4O/c1-12-3-5-13(6-4-12)7-8-15-14(11-16)17-18-19(15)9-2-10-20/h3-6,20H,2,7-11,16H2,1H3. The highest BCUT2D eigenvalue weighted by atomic mass is 16.3. The Kier molecular flexibility index (Phi) is 5.26. The van der Waals surface area contributed by atoms with E-state index in [-0.39, 0.29) is 6.61 Å². The van der Waals surface area contributed by atoms with Crippen molar-refractivity contribution in [2.45, 2.75) is 39.3 Å². The molecule has 0 unspecified atom stereocenters. The van der Waals surface area contributed by atoms with Gasteiger partial charge in [-0.3, -0.25) is 0 Å². The molecule has 0 aliphatic carbocycles. The smallest absolute Gasteiger partial charge is 0.0994 e. The van der Waals surface area contributed by atoms with E-state index in [4.69, 9.17) is 10.8 Å². The zero-order chi connectivity index (χ0) is 14.4. The first-order valence-electron chi connectivity index (χ1n) is 7.02. The number of aliphatic hydroxyl groups is 1. The van der Waals surface area contributed by atoms with Crippen LogP contribution in [0, 0.1) is 6.92 Å². The Morgan fingerprint density at radius 1 is 1.20 bits per heavy atom. The lowest BCUT2D eigenvalue weighted by molar-refractivity contribution is 0.275. The Labute approximate surface area is 119 Å². The molecule has 2 rings (SSSR count). The average Bonchev–Trinajstić information content (AvgIpc) is 2.86. The van der Waals surface area contributed by atoms with Gasteiger partial charge >= 0.3 is 0 Å². The molecule has 108 valence electrons. The third kappa shape index (κ3) is 3.65. The summed E-state index contributed by atoms with van der Waals surface area (Å²) >= 11 is 0. The van der Waals surface area contributed by atoms with Gasteiger partial charge in [0.15, 0.2) is 0 Å². The van der Waals surface area contributed by atoms with Gasteiger partial charge in [-0.15, -0.1) is 5.10 Å². The number of hydrogen-bond donors (Lipinski definition) is 2. The lowest BCUT2D eigenvalue weighted by atomic mass is 10.1. The van der Waals surface area contributed by atoms with Crippen molar-refractivity contribution < 1.29 is 5.11 Å². The highest BCUT2D eigenvalue weighted by Crippen LogP contribution is 2.12. The summed E-state index contributed by atoms with van der Waals surface area (Å²) in [6, 6.07) is 8.56. The molecule has 0 amide bonds.